The molecule has 0 spiro atoms. The van der Waals surface area contributed by atoms with Crippen LogP contribution in [0.15, 0.2) is 30.3 Å². The van der Waals surface area contributed by atoms with E-state index in [-0.39, 0.29) is 5.91 Å². The molecule has 1 amide bonds. The molecule has 2 aromatic rings. The largest absolute Gasteiger partial charge is 0.343 e. The number of anilines is 1. The first-order valence-electron chi connectivity index (χ1n) is 7.69. The van der Waals surface area contributed by atoms with Crippen LogP contribution in [0.4, 0.5) is 5.13 Å². The van der Waals surface area contributed by atoms with Crippen LogP contribution in [0, 0.1) is 0 Å². The molecule has 0 N–H and O–H groups in total. The molecule has 0 atom stereocenters. The van der Waals surface area contributed by atoms with E-state index < -0.39 is 0 Å². The second-order valence-electron chi connectivity index (χ2n) is 5.37. The van der Waals surface area contributed by atoms with E-state index in [0.29, 0.717) is 0 Å². The molecule has 1 saturated heterocycles. The Morgan fingerprint density at radius 2 is 1.86 bits per heavy atom. The first-order chi connectivity index (χ1) is 10.8. The monoisotopic (exact) mass is 316 g/mol. The van der Waals surface area contributed by atoms with Crippen molar-refractivity contribution >= 4 is 22.4 Å². The molecule has 0 bridgehead atoms. The summed E-state index contributed by atoms with van der Waals surface area (Å²) in [5.74, 6) is 0.115. The van der Waals surface area contributed by atoms with Crippen LogP contribution in [-0.4, -0.2) is 47.2 Å². The number of carbonyl (C=O) groups excluding carboxylic acids is 1. The van der Waals surface area contributed by atoms with Crippen molar-refractivity contribution in [3.8, 4) is 0 Å². The SMILES string of the molecule is CCCc1nnc(N2CCN(C(=O)c3ccccc3)CC2)s1. The second-order valence-corrected chi connectivity index (χ2v) is 6.41. The van der Waals surface area contributed by atoms with Gasteiger partial charge in [-0.25, -0.2) is 0 Å². The van der Waals surface area contributed by atoms with Crippen LogP contribution in [0.25, 0.3) is 0 Å². The predicted molar refractivity (Wildman–Crippen MR) is 88.5 cm³/mol. The minimum absolute atomic E-state index is 0.115. The van der Waals surface area contributed by atoms with Crippen molar-refractivity contribution in [2.75, 3.05) is 31.1 Å². The van der Waals surface area contributed by atoms with Gasteiger partial charge in [-0.15, -0.1) is 10.2 Å². The fourth-order valence-corrected chi connectivity index (χ4v) is 3.54. The third-order valence-electron chi connectivity index (χ3n) is 3.78. The highest BCUT2D eigenvalue weighted by Crippen LogP contribution is 2.22. The highest BCUT2D eigenvalue weighted by atomic mass is 32.1. The number of nitrogens with zero attached hydrogens (tertiary/aromatic N) is 4. The standard InChI is InChI=1S/C16H20N4OS/c1-2-6-14-17-18-16(22-14)20-11-9-19(10-12-20)15(21)13-7-4-3-5-8-13/h3-5,7-8H,2,6,9-12H2,1H3. The van der Waals surface area contributed by atoms with Crippen molar-refractivity contribution in [3.63, 3.8) is 0 Å². The number of aromatic nitrogens is 2. The first-order valence-corrected chi connectivity index (χ1v) is 8.51. The van der Waals surface area contributed by atoms with Gasteiger partial charge < -0.3 is 9.80 Å². The van der Waals surface area contributed by atoms with Gasteiger partial charge in [0.15, 0.2) is 0 Å². The molecule has 2 heterocycles. The van der Waals surface area contributed by atoms with Gasteiger partial charge in [0.25, 0.3) is 5.91 Å². The van der Waals surface area contributed by atoms with Crippen molar-refractivity contribution in [1.82, 2.24) is 15.1 Å². The topological polar surface area (TPSA) is 49.3 Å². The molecule has 5 nitrogen and oxygen atoms in total. The third-order valence-corrected chi connectivity index (χ3v) is 4.82. The molecule has 0 unspecified atom stereocenters. The van der Waals surface area contributed by atoms with E-state index in [2.05, 4.69) is 22.0 Å². The van der Waals surface area contributed by atoms with E-state index >= 15 is 0 Å². The summed E-state index contributed by atoms with van der Waals surface area (Å²) in [7, 11) is 0. The number of rotatable bonds is 4. The molecule has 1 aromatic carbocycles. The zero-order chi connectivity index (χ0) is 15.4. The molecule has 22 heavy (non-hydrogen) atoms. The quantitative estimate of drug-likeness (QED) is 0.869. The summed E-state index contributed by atoms with van der Waals surface area (Å²) < 4.78 is 0. The minimum Gasteiger partial charge on any atom is -0.343 e. The first kappa shape index (κ1) is 15.0. The van der Waals surface area contributed by atoms with E-state index in [0.717, 1.165) is 54.7 Å². The van der Waals surface area contributed by atoms with Crippen LogP contribution >= 0.6 is 11.3 Å². The van der Waals surface area contributed by atoms with Gasteiger partial charge in [-0.2, -0.15) is 0 Å². The van der Waals surface area contributed by atoms with Crippen LogP contribution in [0.5, 0.6) is 0 Å². The highest BCUT2D eigenvalue weighted by molar-refractivity contribution is 7.15. The molecule has 3 rings (SSSR count). The van der Waals surface area contributed by atoms with Crippen molar-refractivity contribution in [1.29, 1.82) is 0 Å². The maximum Gasteiger partial charge on any atom is 0.253 e. The minimum atomic E-state index is 0.115. The average molecular weight is 316 g/mol. The summed E-state index contributed by atoms with van der Waals surface area (Å²) in [6, 6.07) is 9.48. The van der Waals surface area contributed by atoms with Crippen molar-refractivity contribution < 1.29 is 4.79 Å². The number of amides is 1. The van der Waals surface area contributed by atoms with Gasteiger partial charge in [-0.3, -0.25) is 4.79 Å². The third kappa shape index (κ3) is 3.27. The Hall–Kier alpha value is -1.95. The predicted octanol–water partition coefficient (Wildman–Crippen LogP) is 2.45. The highest BCUT2D eigenvalue weighted by Gasteiger charge is 2.23. The Kier molecular flexibility index (Phi) is 4.68. The summed E-state index contributed by atoms with van der Waals surface area (Å²) in [5, 5.41) is 10.6. The van der Waals surface area contributed by atoms with E-state index in [9.17, 15) is 4.79 Å². The van der Waals surface area contributed by atoms with Gasteiger partial charge in [0.05, 0.1) is 0 Å². The summed E-state index contributed by atoms with van der Waals surface area (Å²) in [6.45, 7) is 5.25. The maximum atomic E-state index is 12.4. The van der Waals surface area contributed by atoms with Crippen molar-refractivity contribution in [3.05, 3.63) is 40.9 Å². The molecule has 0 saturated carbocycles. The Labute approximate surface area is 134 Å². The molecule has 0 radical (unpaired) electrons. The van der Waals surface area contributed by atoms with Gasteiger partial charge in [0.2, 0.25) is 5.13 Å². The zero-order valence-electron chi connectivity index (χ0n) is 12.7. The molecule has 1 aliphatic rings. The van der Waals surface area contributed by atoms with E-state index in [1.807, 2.05) is 35.2 Å². The zero-order valence-corrected chi connectivity index (χ0v) is 13.6. The smallest absolute Gasteiger partial charge is 0.253 e. The lowest BCUT2D eigenvalue weighted by Crippen LogP contribution is -2.48. The molecule has 0 aliphatic carbocycles. The fraction of sp³-hybridized carbons (Fsp3) is 0.438. The summed E-state index contributed by atoms with van der Waals surface area (Å²) in [4.78, 5) is 16.6. The fourth-order valence-electron chi connectivity index (χ4n) is 2.55. The molecule has 1 fully saturated rings. The normalized spacial score (nSPS) is 15.1. The number of hydrogen-bond donors (Lipinski definition) is 0. The van der Waals surface area contributed by atoms with Gasteiger partial charge in [0.1, 0.15) is 5.01 Å². The summed E-state index contributed by atoms with van der Waals surface area (Å²) >= 11 is 1.67. The molecule has 1 aromatic heterocycles. The Morgan fingerprint density at radius 1 is 1.14 bits per heavy atom. The molecule has 116 valence electrons. The molecular weight excluding hydrogens is 296 g/mol. The van der Waals surface area contributed by atoms with Crippen LogP contribution in [0.2, 0.25) is 0 Å². The van der Waals surface area contributed by atoms with E-state index in [4.69, 9.17) is 0 Å². The Bertz CT molecular complexity index is 620. The number of aryl methyl sites for hydroxylation is 1. The van der Waals surface area contributed by atoms with Crippen LogP contribution in [0.3, 0.4) is 0 Å². The number of carbonyl (C=O) groups is 1. The van der Waals surface area contributed by atoms with Gasteiger partial charge in [-0.1, -0.05) is 36.5 Å². The van der Waals surface area contributed by atoms with Crippen LogP contribution in [0.1, 0.15) is 28.7 Å². The molecule has 6 heteroatoms. The summed E-state index contributed by atoms with van der Waals surface area (Å²) in [6.07, 6.45) is 2.08. The lowest BCUT2D eigenvalue weighted by Gasteiger charge is -2.34. The van der Waals surface area contributed by atoms with Gasteiger partial charge >= 0.3 is 0 Å². The molecular formula is C16H20N4OS. The van der Waals surface area contributed by atoms with E-state index in [1.54, 1.807) is 11.3 Å². The molecule has 1 aliphatic heterocycles. The number of piperazine rings is 1. The number of hydrogen-bond acceptors (Lipinski definition) is 5. The lowest BCUT2D eigenvalue weighted by molar-refractivity contribution is 0.0747. The van der Waals surface area contributed by atoms with Crippen molar-refractivity contribution in [2.24, 2.45) is 0 Å². The average Bonchev–Trinajstić information content (AvgIpc) is 3.04. The Morgan fingerprint density at radius 3 is 2.55 bits per heavy atom. The second kappa shape index (κ2) is 6.87. The van der Waals surface area contributed by atoms with E-state index in [1.165, 1.54) is 0 Å². The van der Waals surface area contributed by atoms with Gasteiger partial charge in [-0.05, 0) is 18.6 Å². The lowest BCUT2D eigenvalue weighted by atomic mass is 10.2. The van der Waals surface area contributed by atoms with Crippen molar-refractivity contribution in [2.45, 2.75) is 19.8 Å². The van der Waals surface area contributed by atoms with Gasteiger partial charge in [0, 0.05) is 38.2 Å². The summed E-state index contributed by atoms with van der Waals surface area (Å²) in [5.41, 5.74) is 0.761. The van der Waals surface area contributed by atoms with Crippen LogP contribution < -0.4 is 4.90 Å². The van der Waals surface area contributed by atoms with Crippen LogP contribution in [-0.2, 0) is 6.42 Å². The Balaban J connectivity index is 1.59. The number of benzene rings is 1. The maximum absolute atomic E-state index is 12.4.